The largest absolute Gasteiger partial charge is 0.477 e. The van der Waals surface area contributed by atoms with Gasteiger partial charge in [0, 0.05) is 13.2 Å². The molecule has 0 N–H and O–H groups in total. The van der Waals surface area contributed by atoms with Crippen LogP contribution in [0.3, 0.4) is 0 Å². The van der Waals surface area contributed by atoms with Gasteiger partial charge in [0.1, 0.15) is 18.2 Å². The lowest BCUT2D eigenvalue weighted by Crippen LogP contribution is -2.30. The lowest BCUT2D eigenvalue weighted by atomic mass is 10.1. The molecule has 0 radical (unpaired) electrons. The highest BCUT2D eigenvalue weighted by Gasteiger charge is 2.22. The summed E-state index contributed by atoms with van der Waals surface area (Å²) in [6.07, 6.45) is 4.76. The molecule has 0 aliphatic heterocycles. The lowest BCUT2D eigenvalue weighted by Gasteiger charge is -2.26. The molecule has 1 unspecified atom stereocenters. The summed E-state index contributed by atoms with van der Waals surface area (Å²) in [7, 11) is 1.78. The first kappa shape index (κ1) is 17.6. The summed E-state index contributed by atoms with van der Waals surface area (Å²) in [5, 5.41) is 4.11. The molecule has 0 bridgehead atoms. The van der Waals surface area contributed by atoms with Crippen molar-refractivity contribution in [3.8, 4) is 11.6 Å². The molecule has 26 heavy (non-hydrogen) atoms. The van der Waals surface area contributed by atoms with E-state index in [0.717, 1.165) is 11.3 Å². The SMILES string of the molecule is CCOc1ncccc1C(=O)N(C)C(C)c1ccc(-n2cncn2)cc1. The zero-order chi connectivity index (χ0) is 18.5. The Morgan fingerprint density at radius 1 is 1.27 bits per heavy atom. The van der Waals surface area contributed by atoms with Crippen LogP contribution in [0.15, 0.2) is 55.2 Å². The third kappa shape index (κ3) is 3.56. The number of carbonyl (C=O) groups excluding carboxylic acids is 1. The number of hydrogen-bond acceptors (Lipinski definition) is 5. The Labute approximate surface area is 152 Å². The van der Waals surface area contributed by atoms with Crippen LogP contribution >= 0.6 is 0 Å². The van der Waals surface area contributed by atoms with Crippen molar-refractivity contribution in [2.45, 2.75) is 19.9 Å². The smallest absolute Gasteiger partial charge is 0.259 e. The van der Waals surface area contributed by atoms with E-state index in [-0.39, 0.29) is 11.9 Å². The maximum Gasteiger partial charge on any atom is 0.259 e. The highest BCUT2D eigenvalue weighted by atomic mass is 16.5. The third-order valence-electron chi connectivity index (χ3n) is 4.24. The number of rotatable bonds is 6. The maximum atomic E-state index is 12.9. The van der Waals surface area contributed by atoms with E-state index in [1.807, 2.05) is 38.1 Å². The second-order valence-corrected chi connectivity index (χ2v) is 5.81. The van der Waals surface area contributed by atoms with Crippen molar-refractivity contribution >= 4 is 5.91 Å². The number of amides is 1. The van der Waals surface area contributed by atoms with Crippen molar-refractivity contribution in [2.24, 2.45) is 0 Å². The molecule has 2 aromatic heterocycles. The van der Waals surface area contributed by atoms with Crippen LogP contribution in [-0.2, 0) is 0 Å². The summed E-state index contributed by atoms with van der Waals surface area (Å²) in [4.78, 5) is 22.7. The van der Waals surface area contributed by atoms with Crippen LogP contribution < -0.4 is 4.74 Å². The molecule has 3 rings (SSSR count). The highest BCUT2D eigenvalue weighted by molar-refractivity contribution is 5.96. The van der Waals surface area contributed by atoms with Gasteiger partial charge < -0.3 is 9.64 Å². The van der Waals surface area contributed by atoms with Gasteiger partial charge in [-0.25, -0.2) is 14.6 Å². The standard InChI is InChI=1S/C19H21N5O2/c1-4-26-18-17(6-5-11-21-18)19(25)23(3)14(2)15-7-9-16(10-8-15)24-13-20-12-22-24/h5-14H,4H2,1-3H3. The number of ether oxygens (including phenoxy) is 1. The van der Waals surface area contributed by atoms with Crippen LogP contribution in [0.4, 0.5) is 0 Å². The summed E-state index contributed by atoms with van der Waals surface area (Å²) < 4.78 is 7.16. The fourth-order valence-corrected chi connectivity index (χ4v) is 2.64. The minimum absolute atomic E-state index is 0.109. The molecule has 0 spiro atoms. The van der Waals surface area contributed by atoms with Crippen LogP contribution in [0.5, 0.6) is 5.88 Å². The minimum Gasteiger partial charge on any atom is -0.477 e. The van der Waals surface area contributed by atoms with E-state index in [2.05, 4.69) is 15.1 Å². The molecule has 0 saturated carbocycles. The molecule has 134 valence electrons. The first-order chi connectivity index (χ1) is 12.6. The number of pyridine rings is 1. The predicted octanol–water partition coefficient (Wildman–Crippen LogP) is 2.89. The Bertz CT molecular complexity index is 862. The van der Waals surface area contributed by atoms with Crippen LogP contribution in [0, 0.1) is 0 Å². The van der Waals surface area contributed by atoms with E-state index < -0.39 is 0 Å². The van der Waals surface area contributed by atoms with E-state index in [1.165, 1.54) is 6.33 Å². The van der Waals surface area contributed by atoms with E-state index in [1.54, 1.807) is 41.3 Å². The van der Waals surface area contributed by atoms with Gasteiger partial charge in [0.05, 0.1) is 18.3 Å². The number of carbonyl (C=O) groups is 1. The molecule has 1 aromatic carbocycles. The zero-order valence-electron chi connectivity index (χ0n) is 15.0. The van der Waals surface area contributed by atoms with Gasteiger partial charge in [-0.3, -0.25) is 4.79 Å². The van der Waals surface area contributed by atoms with Crippen LogP contribution in [-0.4, -0.2) is 44.2 Å². The van der Waals surface area contributed by atoms with Gasteiger partial charge in [-0.05, 0) is 43.7 Å². The van der Waals surface area contributed by atoms with E-state index in [4.69, 9.17) is 4.74 Å². The molecule has 7 heteroatoms. The van der Waals surface area contributed by atoms with Crippen molar-refractivity contribution in [3.63, 3.8) is 0 Å². The highest BCUT2D eigenvalue weighted by Crippen LogP contribution is 2.24. The van der Waals surface area contributed by atoms with Gasteiger partial charge in [-0.2, -0.15) is 5.10 Å². The third-order valence-corrected chi connectivity index (χ3v) is 4.24. The maximum absolute atomic E-state index is 12.9. The van der Waals surface area contributed by atoms with Gasteiger partial charge in [0.2, 0.25) is 5.88 Å². The second-order valence-electron chi connectivity index (χ2n) is 5.81. The molecule has 0 aliphatic carbocycles. The molecular formula is C19H21N5O2. The van der Waals surface area contributed by atoms with Crippen LogP contribution in [0.25, 0.3) is 5.69 Å². The molecular weight excluding hydrogens is 330 g/mol. The van der Waals surface area contributed by atoms with Gasteiger partial charge >= 0.3 is 0 Å². The van der Waals surface area contributed by atoms with Crippen molar-refractivity contribution in [1.29, 1.82) is 0 Å². The number of aromatic nitrogens is 4. The Morgan fingerprint density at radius 2 is 2.04 bits per heavy atom. The van der Waals surface area contributed by atoms with E-state index in [9.17, 15) is 4.79 Å². The van der Waals surface area contributed by atoms with Gasteiger partial charge in [0.25, 0.3) is 5.91 Å². The van der Waals surface area contributed by atoms with Gasteiger partial charge in [-0.15, -0.1) is 0 Å². The van der Waals surface area contributed by atoms with Gasteiger partial charge in [-0.1, -0.05) is 12.1 Å². The van der Waals surface area contributed by atoms with E-state index >= 15 is 0 Å². The molecule has 0 aliphatic rings. The molecule has 1 atom stereocenters. The first-order valence-electron chi connectivity index (χ1n) is 8.41. The summed E-state index contributed by atoms with van der Waals surface area (Å²) in [5.41, 5.74) is 2.40. The second kappa shape index (κ2) is 7.77. The molecule has 7 nitrogen and oxygen atoms in total. The predicted molar refractivity (Wildman–Crippen MR) is 97.3 cm³/mol. The van der Waals surface area contributed by atoms with Crippen molar-refractivity contribution in [1.82, 2.24) is 24.6 Å². The summed E-state index contributed by atoms with van der Waals surface area (Å²) in [5.74, 6) is 0.231. The Balaban J connectivity index is 1.79. The summed E-state index contributed by atoms with van der Waals surface area (Å²) >= 11 is 0. The van der Waals surface area contributed by atoms with Crippen molar-refractivity contribution in [2.75, 3.05) is 13.7 Å². The summed E-state index contributed by atoms with van der Waals surface area (Å²) in [6.45, 7) is 4.31. The Hall–Kier alpha value is -3.22. The number of benzene rings is 1. The van der Waals surface area contributed by atoms with Crippen molar-refractivity contribution in [3.05, 3.63) is 66.4 Å². The molecule has 1 amide bonds. The monoisotopic (exact) mass is 351 g/mol. The van der Waals surface area contributed by atoms with Crippen LogP contribution in [0.1, 0.15) is 35.8 Å². The molecule has 0 fully saturated rings. The molecule has 0 saturated heterocycles. The topological polar surface area (TPSA) is 73.1 Å². The fraction of sp³-hybridized carbons (Fsp3) is 0.263. The zero-order valence-corrected chi connectivity index (χ0v) is 15.0. The van der Waals surface area contributed by atoms with E-state index in [0.29, 0.717) is 18.1 Å². The lowest BCUT2D eigenvalue weighted by molar-refractivity contribution is 0.0737. The number of hydrogen-bond donors (Lipinski definition) is 0. The van der Waals surface area contributed by atoms with Gasteiger partial charge in [0.15, 0.2) is 0 Å². The number of nitrogens with zero attached hydrogens (tertiary/aromatic N) is 5. The van der Waals surface area contributed by atoms with Crippen LogP contribution in [0.2, 0.25) is 0 Å². The average Bonchev–Trinajstić information content (AvgIpc) is 3.22. The minimum atomic E-state index is -0.130. The molecule has 3 aromatic rings. The molecule has 2 heterocycles. The van der Waals surface area contributed by atoms with Crippen molar-refractivity contribution < 1.29 is 9.53 Å². The Morgan fingerprint density at radius 3 is 2.69 bits per heavy atom. The summed E-state index contributed by atoms with van der Waals surface area (Å²) in [6, 6.07) is 11.2. The average molecular weight is 351 g/mol. The fourth-order valence-electron chi connectivity index (χ4n) is 2.64. The quantitative estimate of drug-likeness (QED) is 0.683. The first-order valence-corrected chi connectivity index (χ1v) is 8.41. The normalized spacial score (nSPS) is 11.8. The Kier molecular flexibility index (Phi) is 5.26.